The molecule has 0 fully saturated rings. The predicted octanol–water partition coefficient (Wildman–Crippen LogP) is 1.11. The third-order valence-electron chi connectivity index (χ3n) is 3.33. The van der Waals surface area contributed by atoms with Crippen molar-refractivity contribution in [1.29, 1.82) is 0 Å². The minimum absolute atomic E-state index is 0.123. The molecule has 106 valence electrons. The van der Waals surface area contributed by atoms with Gasteiger partial charge in [-0.3, -0.25) is 4.79 Å². The van der Waals surface area contributed by atoms with Crippen LogP contribution in [0.15, 0.2) is 36.5 Å². The summed E-state index contributed by atoms with van der Waals surface area (Å²) in [6.45, 7) is 3.45. The Morgan fingerprint density at radius 2 is 2.00 bits per heavy atom. The molecule has 0 atom stereocenters. The van der Waals surface area contributed by atoms with Gasteiger partial charge in [0.1, 0.15) is 0 Å². The van der Waals surface area contributed by atoms with Gasteiger partial charge in [0.2, 0.25) is 0 Å². The standard InChI is InChI=1S/C14H18N4O2/c1-14(2,10-19)17(3)13(20)12-9-18(16-15-12)11-7-5-4-6-8-11/h4-9,19H,10H2,1-3H3. The second-order valence-corrected chi connectivity index (χ2v) is 5.22. The first-order valence-corrected chi connectivity index (χ1v) is 6.32. The summed E-state index contributed by atoms with van der Waals surface area (Å²) in [5, 5.41) is 17.2. The summed E-state index contributed by atoms with van der Waals surface area (Å²) in [6.07, 6.45) is 1.58. The number of amides is 1. The average molecular weight is 274 g/mol. The Balaban J connectivity index is 2.23. The van der Waals surface area contributed by atoms with Crippen LogP contribution >= 0.6 is 0 Å². The Morgan fingerprint density at radius 3 is 2.60 bits per heavy atom. The van der Waals surface area contributed by atoms with Gasteiger partial charge in [-0.1, -0.05) is 23.4 Å². The summed E-state index contributed by atoms with van der Waals surface area (Å²) in [5.74, 6) is -0.272. The highest BCUT2D eigenvalue weighted by atomic mass is 16.3. The van der Waals surface area contributed by atoms with E-state index in [1.807, 2.05) is 30.3 Å². The Labute approximate surface area is 117 Å². The minimum Gasteiger partial charge on any atom is -0.394 e. The van der Waals surface area contributed by atoms with Crippen molar-refractivity contribution in [1.82, 2.24) is 19.9 Å². The summed E-state index contributed by atoms with van der Waals surface area (Å²) in [4.78, 5) is 13.8. The van der Waals surface area contributed by atoms with E-state index in [1.165, 1.54) is 4.90 Å². The number of nitrogens with zero attached hydrogens (tertiary/aromatic N) is 4. The molecule has 1 aromatic heterocycles. The summed E-state index contributed by atoms with van der Waals surface area (Å²) in [7, 11) is 1.64. The molecule has 1 aromatic carbocycles. The van der Waals surface area contributed by atoms with Crippen LogP contribution in [0.4, 0.5) is 0 Å². The van der Waals surface area contributed by atoms with E-state index in [9.17, 15) is 9.90 Å². The molecule has 0 unspecified atom stereocenters. The van der Waals surface area contributed by atoms with E-state index in [0.29, 0.717) is 0 Å². The Bertz CT molecular complexity index is 592. The van der Waals surface area contributed by atoms with Crippen LogP contribution in [0, 0.1) is 0 Å². The third-order valence-corrected chi connectivity index (χ3v) is 3.33. The average Bonchev–Trinajstić information content (AvgIpc) is 2.96. The number of carbonyl (C=O) groups excluding carboxylic acids is 1. The second-order valence-electron chi connectivity index (χ2n) is 5.22. The van der Waals surface area contributed by atoms with Gasteiger partial charge in [0.25, 0.3) is 5.91 Å². The second kappa shape index (κ2) is 5.42. The highest BCUT2D eigenvalue weighted by Gasteiger charge is 2.29. The Morgan fingerprint density at radius 1 is 1.35 bits per heavy atom. The molecule has 0 saturated carbocycles. The highest BCUT2D eigenvalue weighted by molar-refractivity contribution is 5.92. The van der Waals surface area contributed by atoms with Gasteiger partial charge in [-0.05, 0) is 26.0 Å². The van der Waals surface area contributed by atoms with Crippen molar-refractivity contribution in [3.05, 3.63) is 42.2 Å². The zero-order chi connectivity index (χ0) is 14.8. The molecule has 1 amide bonds. The van der Waals surface area contributed by atoms with Crippen LogP contribution in [0.2, 0.25) is 0 Å². The maximum atomic E-state index is 12.3. The van der Waals surface area contributed by atoms with Crippen LogP contribution in [0.3, 0.4) is 0 Å². The van der Waals surface area contributed by atoms with Crippen molar-refractivity contribution in [3.63, 3.8) is 0 Å². The lowest BCUT2D eigenvalue weighted by Gasteiger charge is -2.33. The fourth-order valence-corrected chi connectivity index (χ4v) is 1.62. The maximum absolute atomic E-state index is 12.3. The van der Waals surface area contributed by atoms with Crippen LogP contribution < -0.4 is 0 Å². The maximum Gasteiger partial charge on any atom is 0.276 e. The van der Waals surface area contributed by atoms with Gasteiger partial charge in [-0.25, -0.2) is 4.68 Å². The largest absolute Gasteiger partial charge is 0.394 e. The molecule has 20 heavy (non-hydrogen) atoms. The molecule has 6 heteroatoms. The van der Waals surface area contributed by atoms with E-state index in [1.54, 1.807) is 31.8 Å². The van der Waals surface area contributed by atoms with Gasteiger partial charge in [-0.2, -0.15) is 0 Å². The van der Waals surface area contributed by atoms with E-state index in [2.05, 4.69) is 10.3 Å². The highest BCUT2D eigenvalue weighted by Crippen LogP contribution is 2.14. The van der Waals surface area contributed by atoms with Crippen LogP contribution in [0.5, 0.6) is 0 Å². The summed E-state index contributed by atoms with van der Waals surface area (Å²) in [6, 6.07) is 9.44. The van der Waals surface area contributed by atoms with E-state index < -0.39 is 5.54 Å². The van der Waals surface area contributed by atoms with Gasteiger partial charge in [0, 0.05) is 7.05 Å². The quantitative estimate of drug-likeness (QED) is 0.906. The molecule has 6 nitrogen and oxygen atoms in total. The molecule has 2 aromatic rings. The number of carbonyl (C=O) groups is 1. The summed E-state index contributed by atoms with van der Waals surface area (Å²) >= 11 is 0. The number of aromatic nitrogens is 3. The first kappa shape index (κ1) is 14.2. The molecule has 0 saturated heterocycles. The van der Waals surface area contributed by atoms with Crippen molar-refractivity contribution in [3.8, 4) is 5.69 Å². The molecule has 0 bridgehead atoms. The lowest BCUT2D eigenvalue weighted by Crippen LogP contribution is -2.47. The van der Waals surface area contributed by atoms with Crippen molar-refractivity contribution in [2.24, 2.45) is 0 Å². The third kappa shape index (κ3) is 2.70. The molecule has 2 rings (SSSR count). The van der Waals surface area contributed by atoms with Crippen LogP contribution in [-0.4, -0.2) is 50.1 Å². The van der Waals surface area contributed by atoms with Crippen molar-refractivity contribution in [2.45, 2.75) is 19.4 Å². The number of para-hydroxylation sites is 1. The number of hydrogen-bond acceptors (Lipinski definition) is 4. The van der Waals surface area contributed by atoms with E-state index in [0.717, 1.165) is 5.69 Å². The Kier molecular flexibility index (Phi) is 3.85. The number of likely N-dealkylation sites (N-methyl/N-ethyl adjacent to an activating group) is 1. The zero-order valence-corrected chi connectivity index (χ0v) is 11.8. The normalized spacial score (nSPS) is 11.4. The van der Waals surface area contributed by atoms with Gasteiger partial charge in [0.05, 0.1) is 24.0 Å². The molecule has 1 N–H and O–H groups in total. The smallest absolute Gasteiger partial charge is 0.276 e. The lowest BCUT2D eigenvalue weighted by atomic mass is 10.0. The van der Waals surface area contributed by atoms with Crippen molar-refractivity contribution >= 4 is 5.91 Å². The number of aliphatic hydroxyl groups is 1. The van der Waals surface area contributed by atoms with Gasteiger partial charge in [-0.15, -0.1) is 5.10 Å². The fraction of sp³-hybridized carbons (Fsp3) is 0.357. The minimum atomic E-state index is -0.645. The molecule has 0 spiro atoms. The van der Waals surface area contributed by atoms with E-state index in [-0.39, 0.29) is 18.2 Å². The number of benzene rings is 1. The number of rotatable bonds is 4. The van der Waals surface area contributed by atoms with Crippen molar-refractivity contribution in [2.75, 3.05) is 13.7 Å². The van der Waals surface area contributed by atoms with E-state index in [4.69, 9.17) is 0 Å². The molecular weight excluding hydrogens is 256 g/mol. The molecule has 0 aliphatic carbocycles. The topological polar surface area (TPSA) is 71.2 Å². The SMILES string of the molecule is CN(C(=O)c1cn(-c2ccccc2)nn1)C(C)(C)CO. The Hall–Kier alpha value is -2.21. The van der Waals surface area contributed by atoms with Crippen LogP contribution in [-0.2, 0) is 0 Å². The fourth-order valence-electron chi connectivity index (χ4n) is 1.62. The zero-order valence-electron chi connectivity index (χ0n) is 11.8. The predicted molar refractivity (Wildman–Crippen MR) is 74.6 cm³/mol. The molecule has 0 aliphatic rings. The van der Waals surface area contributed by atoms with Gasteiger partial charge >= 0.3 is 0 Å². The van der Waals surface area contributed by atoms with E-state index >= 15 is 0 Å². The monoisotopic (exact) mass is 274 g/mol. The molecular formula is C14H18N4O2. The van der Waals surface area contributed by atoms with Crippen LogP contribution in [0.1, 0.15) is 24.3 Å². The first-order valence-electron chi connectivity index (χ1n) is 6.32. The molecule has 0 aliphatic heterocycles. The van der Waals surface area contributed by atoms with Gasteiger partial charge in [0.15, 0.2) is 5.69 Å². The molecule has 1 heterocycles. The summed E-state index contributed by atoms with van der Waals surface area (Å²) < 4.78 is 1.55. The molecule has 0 radical (unpaired) electrons. The first-order chi connectivity index (χ1) is 9.45. The van der Waals surface area contributed by atoms with Crippen molar-refractivity contribution < 1.29 is 9.90 Å². The van der Waals surface area contributed by atoms with Crippen LogP contribution in [0.25, 0.3) is 5.69 Å². The van der Waals surface area contributed by atoms with Gasteiger partial charge < -0.3 is 10.0 Å². The number of aliphatic hydroxyl groups excluding tert-OH is 1. The number of hydrogen-bond donors (Lipinski definition) is 1. The summed E-state index contributed by atoms with van der Waals surface area (Å²) in [5.41, 5.74) is 0.439. The lowest BCUT2D eigenvalue weighted by molar-refractivity contribution is 0.0467.